The number of hydrogen-bond acceptors (Lipinski definition) is 5. The Morgan fingerprint density at radius 1 is 1.20 bits per heavy atom. The van der Waals surface area contributed by atoms with Crippen LogP contribution in [-0.4, -0.2) is 59.2 Å². The van der Waals surface area contributed by atoms with E-state index in [1.165, 1.54) is 17.1 Å². The third kappa shape index (κ3) is 4.77. The molecule has 0 aliphatic carbocycles. The van der Waals surface area contributed by atoms with Crippen LogP contribution in [0.25, 0.3) is 6.08 Å². The van der Waals surface area contributed by atoms with E-state index in [4.69, 9.17) is 9.47 Å². The maximum absolute atomic E-state index is 12.0. The summed E-state index contributed by atoms with van der Waals surface area (Å²) in [5.41, 5.74) is 0.884. The molecule has 0 atom stereocenters. The summed E-state index contributed by atoms with van der Waals surface area (Å²) in [6, 6.07) is 7.19. The first-order valence-corrected chi connectivity index (χ1v) is 8.01. The second-order valence-electron chi connectivity index (χ2n) is 5.49. The van der Waals surface area contributed by atoms with Gasteiger partial charge in [0.05, 0.1) is 13.2 Å². The largest absolute Gasteiger partial charge is 0.484 e. The van der Waals surface area contributed by atoms with Gasteiger partial charge in [0.2, 0.25) is 5.91 Å². The van der Waals surface area contributed by atoms with Crippen molar-refractivity contribution in [1.29, 1.82) is 0 Å². The van der Waals surface area contributed by atoms with Crippen LogP contribution in [0.2, 0.25) is 0 Å². The van der Waals surface area contributed by atoms with Crippen LogP contribution in [0.3, 0.4) is 0 Å². The average molecular weight is 341 g/mol. The van der Waals surface area contributed by atoms with Crippen molar-refractivity contribution in [2.75, 3.05) is 32.9 Å². The van der Waals surface area contributed by atoms with Crippen molar-refractivity contribution in [2.45, 2.75) is 0 Å². The molecule has 1 aromatic carbocycles. The maximum atomic E-state index is 12.0. The molecule has 2 aromatic rings. The van der Waals surface area contributed by atoms with E-state index in [-0.39, 0.29) is 18.4 Å². The third-order valence-corrected chi connectivity index (χ3v) is 3.78. The number of morpholine rings is 1. The van der Waals surface area contributed by atoms with Crippen LogP contribution in [0.1, 0.15) is 10.4 Å². The van der Waals surface area contributed by atoms with Crippen molar-refractivity contribution in [3.8, 4) is 5.75 Å². The van der Waals surface area contributed by atoms with E-state index < -0.39 is 0 Å². The molecule has 7 nitrogen and oxygen atoms in total. The number of aromatic nitrogens is 2. The Morgan fingerprint density at radius 3 is 2.64 bits per heavy atom. The van der Waals surface area contributed by atoms with Crippen LogP contribution in [0, 0.1) is 0 Å². The van der Waals surface area contributed by atoms with Gasteiger partial charge in [-0.25, -0.2) is 4.98 Å². The summed E-state index contributed by atoms with van der Waals surface area (Å²) in [5, 5.41) is 0. The average Bonchev–Trinajstić information content (AvgIpc) is 3.20. The molecule has 1 amide bonds. The lowest BCUT2D eigenvalue weighted by molar-refractivity contribution is -0.129. The molecule has 3 rings (SSSR count). The second-order valence-corrected chi connectivity index (χ2v) is 5.49. The third-order valence-electron chi connectivity index (χ3n) is 3.78. The first kappa shape index (κ1) is 16.9. The number of benzene rings is 1. The zero-order valence-corrected chi connectivity index (χ0v) is 13.7. The van der Waals surface area contributed by atoms with E-state index in [9.17, 15) is 9.59 Å². The van der Waals surface area contributed by atoms with Crippen molar-refractivity contribution < 1.29 is 19.1 Å². The molecule has 1 aliphatic rings. The fraction of sp³-hybridized carbons (Fsp3) is 0.278. The molecule has 1 aromatic heterocycles. The normalized spacial score (nSPS) is 14.6. The summed E-state index contributed by atoms with van der Waals surface area (Å²) in [6.45, 7) is 2.36. The molecule has 25 heavy (non-hydrogen) atoms. The number of hydrogen-bond donors (Lipinski definition) is 0. The summed E-state index contributed by atoms with van der Waals surface area (Å²) >= 11 is 0. The van der Waals surface area contributed by atoms with Gasteiger partial charge >= 0.3 is 0 Å². The van der Waals surface area contributed by atoms with Crippen LogP contribution < -0.4 is 4.74 Å². The van der Waals surface area contributed by atoms with Gasteiger partial charge in [-0.15, -0.1) is 0 Å². The molecule has 1 saturated heterocycles. The summed E-state index contributed by atoms with van der Waals surface area (Å²) in [6.07, 6.45) is 7.87. The molecule has 0 unspecified atom stereocenters. The highest BCUT2D eigenvalue weighted by atomic mass is 16.5. The van der Waals surface area contributed by atoms with Gasteiger partial charge in [0, 0.05) is 31.6 Å². The smallest absolute Gasteiger partial charge is 0.269 e. The van der Waals surface area contributed by atoms with Crippen LogP contribution in [0.4, 0.5) is 0 Å². The molecule has 1 aliphatic heterocycles. The van der Waals surface area contributed by atoms with Gasteiger partial charge in [0.25, 0.3) is 5.91 Å². The second kappa shape index (κ2) is 8.25. The van der Waals surface area contributed by atoms with E-state index in [1.54, 1.807) is 35.4 Å². The predicted molar refractivity (Wildman–Crippen MR) is 91.2 cm³/mol. The van der Waals surface area contributed by atoms with E-state index in [0.717, 1.165) is 5.56 Å². The fourth-order valence-electron chi connectivity index (χ4n) is 2.36. The summed E-state index contributed by atoms with van der Waals surface area (Å²) in [4.78, 5) is 29.4. The van der Waals surface area contributed by atoms with Gasteiger partial charge in [0.1, 0.15) is 12.1 Å². The molecular weight excluding hydrogens is 322 g/mol. The zero-order chi connectivity index (χ0) is 17.5. The molecular formula is C18H19N3O4. The van der Waals surface area contributed by atoms with Crippen LogP contribution in [0.15, 0.2) is 49.1 Å². The minimum Gasteiger partial charge on any atom is -0.484 e. The lowest BCUT2D eigenvalue weighted by atomic mass is 10.2. The summed E-state index contributed by atoms with van der Waals surface area (Å²) in [5.74, 6) is 0.372. The van der Waals surface area contributed by atoms with Gasteiger partial charge in [-0.2, -0.15) is 0 Å². The minimum atomic E-state index is -0.197. The molecule has 130 valence electrons. The van der Waals surface area contributed by atoms with E-state index in [2.05, 4.69) is 4.98 Å². The first-order chi connectivity index (χ1) is 12.2. The number of nitrogens with zero attached hydrogens (tertiary/aromatic N) is 3. The van der Waals surface area contributed by atoms with E-state index >= 15 is 0 Å². The van der Waals surface area contributed by atoms with E-state index in [1.807, 2.05) is 12.1 Å². The highest BCUT2D eigenvalue weighted by Gasteiger charge is 2.13. The summed E-state index contributed by atoms with van der Waals surface area (Å²) < 4.78 is 12.1. The number of rotatable bonds is 5. The number of ether oxygens (including phenoxy) is 2. The maximum Gasteiger partial charge on any atom is 0.269 e. The Kier molecular flexibility index (Phi) is 5.58. The molecule has 0 radical (unpaired) electrons. The molecule has 0 N–H and O–H groups in total. The molecule has 2 heterocycles. The highest BCUT2D eigenvalue weighted by Crippen LogP contribution is 2.13. The van der Waals surface area contributed by atoms with Gasteiger partial charge in [-0.1, -0.05) is 12.1 Å². The van der Waals surface area contributed by atoms with Crippen LogP contribution >= 0.6 is 0 Å². The van der Waals surface area contributed by atoms with Crippen LogP contribution in [0.5, 0.6) is 5.75 Å². The lowest BCUT2D eigenvalue weighted by Gasteiger charge is -2.25. The van der Waals surface area contributed by atoms with Gasteiger partial charge in [0.15, 0.2) is 6.61 Å². The van der Waals surface area contributed by atoms with Gasteiger partial charge < -0.3 is 14.4 Å². The minimum absolute atomic E-state index is 0.0189. The Bertz CT molecular complexity index is 732. The Hall–Kier alpha value is -2.93. The quantitative estimate of drug-likeness (QED) is 0.770. The van der Waals surface area contributed by atoms with E-state index in [0.29, 0.717) is 32.1 Å². The van der Waals surface area contributed by atoms with Crippen molar-refractivity contribution in [3.05, 3.63) is 54.6 Å². The predicted octanol–water partition coefficient (Wildman–Crippen LogP) is 1.47. The fourth-order valence-corrected chi connectivity index (χ4v) is 2.36. The monoisotopic (exact) mass is 341 g/mol. The van der Waals surface area contributed by atoms with Crippen molar-refractivity contribution in [2.24, 2.45) is 0 Å². The number of imidazole rings is 1. The number of carbonyl (C=O) groups is 2. The molecule has 0 saturated carbocycles. The van der Waals surface area contributed by atoms with Crippen LogP contribution in [-0.2, 0) is 9.53 Å². The summed E-state index contributed by atoms with van der Waals surface area (Å²) in [7, 11) is 0. The topological polar surface area (TPSA) is 73.7 Å². The zero-order valence-electron chi connectivity index (χ0n) is 13.7. The lowest BCUT2D eigenvalue weighted by Crippen LogP contribution is -2.39. The Morgan fingerprint density at radius 2 is 1.96 bits per heavy atom. The van der Waals surface area contributed by atoms with Gasteiger partial charge in [-0.3, -0.25) is 14.2 Å². The standard InChI is InChI=1S/C18H19N3O4/c22-17(20-9-11-24-12-10-20)6-3-15-1-4-16(5-2-15)25-13-18(23)21-8-7-19-14-21/h1-8,14H,9-13H2/b6-3+. The Balaban J connectivity index is 1.50. The first-order valence-electron chi connectivity index (χ1n) is 8.01. The Labute approximate surface area is 145 Å². The SMILES string of the molecule is O=C(/C=C/c1ccc(OCC(=O)n2ccnc2)cc1)N1CCOCC1. The molecule has 0 spiro atoms. The number of carbonyl (C=O) groups excluding carboxylic acids is 2. The van der Waals surface area contributed by atoms with Crippen molar-refractivity contribution >= 4 is 17.9 Å². The van der Waals surface area contributed by atoms with Gasteiger partial charge in [-0.05, 0) is 23.8 Å². The number of amides is 1. The molecule has 1 fully saturated rings. The van der Waals surface area contributed by atoms with Crippen molar-refractivity contribution in [3.63, 3.8) is 0 Å². The molecule has 0 bridgehead atoms. The molecule has 7 heteroatoms. The highest BCUT2D eigenvalue weighted by molar-refractivity contribution is 5.91. The van der Waals surface area contributed by atoms with Crippen molar-refractivity contribution in [1.82, 2.24) is 14.5 Å².